The van der Waals surface area contributed by atoms with E-state index in [0.29, 0.717) is 6.29 Å². The lowest BCUT2D eigenvalue weighted by Crippen LogP contribution is -2.09. The first kappa shape index (κ1) is 12.2. The molecule has 1 aromatic rings. The number of hydrogen-bond donors (Lipinski definition) is 0. The monoisotopic (exact) mass is 237 g/mol. The molecule has 16 heavy (non-hydrogen) atoms. The summed E-state index contributed by atoms with van der Waals surface area (Å²) in [5, 5.41) is 8.69. The Balaban J connectivity index is 3.38. The highest BCUT2D eigenvalue weighted by Crippen LogP contribution is 2.24. The van der Waals surface area contributed by atoms with E-state index in [1.807, 2.05) is 6.07 Å². The maximum absolute atomic E-state index is 11.5. The molecule has 1 aromatic carbocycles. The minimum absolute atomic E-state index is 0.0504. The first-order chi connectivity index (χ1) is 7.65. The summed E-state index contributed by atoms with van der Waals surface area (Å²) >= 11 is 5.84. The third kappa shape index (κ3) is 2.20. The second-order valence-corrected chi connectivity index (χ2v) is 3.22. The number of carbonyl (C=O) groups is 2. The van der Waals surface area contributed by atoms with Crippen LogP contribution in [0.1, 0.15) is 33.2 Å². The van der Waals surface area contributed by atoms with E-state index >= 15 is 0 Å². The predicted molar refractivity (Wildman–Crippen MR) is 57.5 cm³/mol. The molecule has 0 spiro atoms. The third-order valence-corrected chi connectivity index (χ3v) is 2.29. The van der Waals surface area contributed by atoms with Gasteiger partial charge in [0.25, 0.3) is 0 Å². The van der Waals surface area contributed by atoms with Gasteiger partial charge >= 0.3 is 5.97 Å². The Morgan fingerprint density at radius 2 is 2.31 bits per heavy atom. The third-order valence-electron chi connectivity index (χ3n) is 1.90. The van der Waals surface area contributed by atoms with Gasteiger partial charge in [0.2, 0.25) is 0 Å². The van der Waals surface area contributed by atoms with Crippen LogP contribution in [0.15, 0.2) is 12.1 Å². The van der Waals surface area contributed by atoms with E-state index in [9.17, 15) is 9.59 Å². The minimum Gasteiger partial charge on any atom is -0.462 e. The zero-order valence-electron chi connectivity index (χ0n) is 8.49. The van der Waals surface area contributed by atoms with Crippen LogP contribution in [-0.2, 0) is 4.74 Å². The van der Waals surface area contributed by atoms with Gasteiger partial charge in [0.05, 0.1) is 22.8 Å². The van der Waals surface area contributed by atoms with Crippen molar-refractivity contribution < 1.29 is 14.3 Å². The van der Waals surface area contributed by atoms with Crippen molar-refractivity contribution in [2.45, 2.75) is 6.92 Å². The molecule has 0 radical (unpaired) electrons. The van der Waals surface area contributed by atoms with Gasteiger partial charge < -0.3 is 4.74 Å². The van der Waals surface area contributed by atoms with Crippen LogP contribution in [0.4, 0.5) is 0 Å². The Kier molecular flexibility index (Phi) is 4.03. The number of hydrogen-bond acceptors (Lipinski definition) is 4. The van der Waals surface area contributed by atoms with E-state index in [2.05, 4.69) is 0 Å². The Bertz CT molecular complexity index is 477. The Morgan fingerprint density at radius 3 is 2.81 bits per heavy atom. The number of carbonyl (C=O) groups excluding carboxylic acids is 2. The van der Waals surface area contributed by atoms with Gasteiger partial charge in [0.1, 0.15) is 6.07 Å². The maximum Gasteiger partial charge on any atom is 0.340 e. The Hall–Kier alpha value is -1.86. The molecule has 0 atom stereocenters. The summed E-state index contributed by atoms with van der Waals surface area (Å²) in [7, 11) is 0. The first-order valence-corrected chi connectivity index (χ1v) is 4.88. The zero-order valence-corrected chi connectivity index (χ0v) is 9.25. The highest BCUT2D eigenvalue weighted by Gasteiger charge is 2.19. The van der Waals surface area contributed by atoms with E-state index in [4.69, 9.17) is 21.6 Å². The van der Waals surface area contributed by atoms with Crippen LogP contribution in [0, 0.1) is 11.3 Å². The maximum atomic E-state index is 11.5. The van der Waals surface area contributed by atoms with Crippen molar-refractivity contribution in [3.63, 3.8) is 0 Å². The lowest BCUT2D eigenvalue weighted by molar-refractivity contribution is 0.0524. The molecule has 0 heterocycles. The summed E-state index contributed by atoms with van der Waals surface area (Å²) in [6, 6.07) is 4.58. The second-order valence-electron chi connectivity index (χ2n) is 2.84. The molecule has 0 saturated carbocycles. The lowest BCUT2D eigenvalue weighted by Gasteiger charge is -2.07. The highest BCUT2D eigenvalue weighted by atomic mass is 35.5. The molecule has 0 aliphatic carbocycles. The minimum atomic E-state index is -0.702. The van der Waals surface area contributed by atoms with Gasteiger partial charge in [-0.3, -0.25) is 4.79 Å². The lowest BCUT2D eigenvalue weighted by atomic mass is 10.1. The molecule has 5 heteroatoms. The molecule has 82 valence electrons. The standard InChI is InChI=1S/C11H8ClNO3/c1-2-16-11(15)9-8(6-14)4-3-7(5-13)10(9)12/h3-4,6H,2H2,1H3. The van der Waals surface area contributed by atoms with Crippen molar-refractivity contribution in [2.24, 2.45) is 0 Å². The number of esters is 1. The van der Waals surface area contributed by atoms with Crippen molar-refractivity contribution in [3.8, 4) is 6.07 Å². The molecule has 0 fully saturated rings. The summed E-state index contributed by atoms with van der Waals surface area (Å²) in [4.78, 5) is 22.3. The molecule has 0 saturated heterocycles. The number of rotatable bonds is 3. The number of aldehydes is 1. The zero-order chi connectivity index (χ0) is 12.1. The van der Waals surface area contributed by atoms with Gasteiger partial charge in [-0.05, 0) is 19.1 Å². The molecule has 0 bridgehead atoms. The normalized spacial score (nSPS) is 9.31. The van der Waals surface area contributed by atoms with Gasteiger partial charge in [-0.25, -0.2) is 4.79 Å². The molecule has 0 amide bonds. The van der Waals surface area contributed by atoms with E-state index in [1.54, 1.807) is 6.92 Å². The van der Waals surface area contributed by atoms with Crippen molar-refractivity contribution in [1.82, 2.24) is 0 Å². The van der Waals surface area contributed by atoms with E-state index in [0.717, 1.165) is 0 Å². The number of nitrogens with zero attached hydrogens (tertiary/aromatic N) is 1. The number of benzene rings is 1. The van der Waals surface area contributed by atoms with Crippen molar-refractivity contribution in [1.29, 1.82) is 5.26 Å². The fourth-order valence-corrected chi connectivity index (χ4v) is 1.48. The van der Waals surface area contributed by atoms with Crippen LogP contribution < -0.4 is 0 Å². The number of halogens is 1. The fraction of sp³-hybridized carbons (Fsp3) is 0.182. The number of ether oxygens (including phenoxy) is 1. The van der Waals surface area contributed by atoms with Crippen LogP contribution >= 0.6 is 11.6 Å². The van der Waals surface area contributed by atoms with Gasteiger partial charge in [-0.1, -0.05) is 11.6 Å². The molecular weight excluding hydrogens is 230 g/mol. The number of nitriles is 1. The van der Waals surface area contributed by atoms with E-state index in [-0.39, 0.29) is 28.3 Å². The average Bonchev–Trinajstić information content (AvgIpc) is 2.28. The summed E-state index contributed by atoms with van der Waals surface area (Å²) in [5.41, 5.74) is 0.190. The molecule has 4 nitrogen and oxygen atoms in total. The average molecular weight is 238 g/mol. The SMILES string of the molecule is CCOC(=O)c1c(C=O)ccc(C#N)c1Cl. The topological polar surface area (TPSA) is 67.2 Å². The van der Waals surface area contributed by atoms with Crippen LogP contribution in [0.2, 0.25) is 5.02 Å². The summed E-state index contributed by atoms with van der Waals surface area (Å²) in [6.45, 7) is 1.81. The summed E-state index contributed by atoms with van der Waals surface area (Å²) < 4.78 is 4.76. The molecule has 0 unspecified atom stereocenters. The molecule has 0 aromatic heterocycles. The largest absolute Gasteiger partial charge is 0.462 e. The fourth-order valence-electron chi connectivity index (χ4n) is 1.19. The molecular formula is C11H8ClNO3. The van der Waals surface area contributed by atoms with Crippen molar-refractivity contribution >= 4 is 23.9 Å². The Morgan fingerprint density at radius 1 is 1.62 bits per heavy atom. The highest BCUT2D eigenvalue weighted by molar-refractivity contribution is 6.35. The van der Waals surface area contributed by atoms with Crippen LogP contribution in [-0.4, -0.2) is 18.9 Å². The predicted octanol–water partition coefficient (Wildman–Crippen LogP) is 2.20. The molecule has 0 N–H and O–H groups in total. The smallest absolute Gasteiger partial charge is 0.340 e. The van der Waals surface area contributed by atoms with E-state index < -0.39 is 5.97 Å². The summed E-state index contributed by atoms with van der Waals surface area (Å²) in [5.74, 6) is -0.702. The van der Waals surface area contributed by atoms with Gasteiger partial charge in [0.15, 0.2) is 6.29 Å². The van der Waals surface area contributed by atoms with Gasteiger partial charge in [-0.15, -0.1) is 0 Å². The van der Waals surface area contributed by atoms with Crippen molar-refractivity contribution in [2.75, 3.05) is 6.61 Å². The van der Waals surface area contributed by atoms with Crippen LogP contribution in [0.25, 0.3) is 0 Å². The van der Waals surface area contributed by atoms with Crippen molar-refractivity contribution in [3.05, 3.63) is 33.8 Å². The molecule has 0 aliphatic heterocycles. The van der Waals surface area contributed by atoms with E-state index in [1.165, 1.54) is 12.1 Å². The second kappa shape index (κ2) is 5.29. The van der Waals surface area contributed by atoms with Gasteiger partial charge in [-0.2, -0.15) is 5.26 Å². The summed E-state index contributed by atoms with van der Waals surface area (Å²) in [6.07, 6.45) is 0.499. The molecule has 0 aliphatic rings. The van der Waals surface area contributed by atoms with Gasteiger partial charge in [0, 0.05) is 5.56 Å². The first-order valence-electron chi connectivity index (χ1n) is 4.50. The van der Waals surface area contributed by atoms with Crippen LogP contribution in [0.5, 0.6) is 0 Å². The quantitative estimate of drug-likeness (QED) is 0.597. The Labute approximate surface area is 97.4 Å². The van der Waals surface area contributed by atoms with Crippen LogP contribution in [0.3, 0.4) is 0 Å². The molecule has 1 rings (SSSR count).